The second-order valence-electron chi connectivity index (χ2n) is 6.14. The third-order valence-electron chi connectivity index (χ3n) is 4.01. The molecule has 0 fully saturated rings. The highest BCUT2D eigenvalue weighted by Gasteiger charge is 2.08. The van der Waals surface area contributed by atoms with Crippen LogP contribution in [0.5, 0.6) is 0 Å². The first-order valence-corrected chi connectivity index (χ1v) is 9.65. The van der Waals surface area contributed by atoms with Crippen LogP contribution in [0.1, 0.15) is 15.9 Å². The van der Waals surface area contributed by atoms with Crippen LogP contribution in [0.15, 0.2) is 77.7 Å². The van der Waals surface area contributed by atoms with E-state index in [4.69, 9.17) is 0 Å². The van der Waals surface area contributed by atoms with Gasteiger partial charge in [0, 0.05) is 21.8 Å². The van der Waals surface area contributed by atoms with Crippen LogP contribution in [-0.4, -0.2) is 17.6 Å². The average Bonchev–Trinajstić information content (AvgIpc) is 2.70. The van der Waals surface area contributed by atoms with Crippen LogP contribution in [0.3, 0.4) is 0 Å². The Bertz CT molecular complexity index is 973. The average molecular weight is 394 g/mol. The molecule has 6 heteroatoms. The second kappa shape index (κ2) is 9.19. The van der Waals surface area contributed by atoms with Gasteiger partial charge in [0.2, 0.25) is 5.91 Å². The number of anilines is 2. The number of hydrogen-bond acceptors (Lipinski definition) is 3. The molecule has 0 heterocycles. The van der Waals surface area contributed by atoms with Crippen molar-refractivity contribution < 1.29 is 14.0 Å². The Balaban J connectivity index is 1.51. The van der Waals surface area contributed by atoms with Crippen LogP contribution < -0.4 is 10.6 Å². The first kappa shape index (κ1) is 19.6. The van der Waals surface area contributed by atoms with Crippen molar-refractivity contribution in [1.29, 1.82) is 0 Å². The lowest BCUT2D eigenvalue weighted by atomic mass is 10.2. The summed E-state index contributed by atoms with van der Waals surface area (Å²) in [7, 11) is 0. The summed E-state index contributed by atoms with van der Waals surface area (Å²) >= 11 is 1.41. The van der Waals surface area contributed by atoms with Gasteiger partial charge in [-0.15, -0.1) is 11.8 Å². The fourth-order valence-corrected chi connectivity index (χ4v) is 3.19. The van der Waals surface area contributed by atoms with Crippen molar-refractivity contribution in [3.05, 3.63) is 89.7 Å². The molecule has 0 radical (unpaired) electrons. The quantitative estimate of drug-likeness (QED) is 0.571. The fourth-order valence-electron chi connectivity index (χ4n) is 2.49. The molecule has 0 aliphatic carbocycles. The number of halogens is 1. The second-order valence-corrected chi connectivity index (χ2v) is 7.19. The number of thioether (sulfide) groups is 1. The number of benzene rings is 3. The van der Waals surface area contributed by atoms with Gasteiger partial charge >= 0.3 is 0 Å². The normalized spacial score (nSPS) is 10.4. The largest absolute Gasteiger partial charge is 0.325 e. The van der Waals surface area contributed by atoms with E-state index < -0.39 is 0 Å². The van der Waals surface area contributed by atoms with E-state index in [-0.39, 0.29) is 23.4 Å². The summed E-state index contributed by atoms with van der Waals surface area (Å²) in [6.07, 6.45) is 0. The number of aryl methyl sites for hydroxylation is 1. The number of rotatable bonds is 6. The Labute approximate surface area is 167 Å². The van der Waals surface area contributed by atoms with Crippen LogP contribution in [0.2, 0.25) is 0 Å². The highest BCUT2D eigenvalue weighted by molar-refractivity contribution is 8.00. The van der Waals surface area contributed by atoms with Gasteiger partial charge in [0.1, 0.15) is 5.82 Å². The Morgan fingerprint density at radius 1 is 0.893 bits per heavy atom. The molecule has 0 saturated heterocycles. The first-order valence-electron chi connectivity index (χ1n) is 8.66. The van der Waals surface area contributed by atoms with Crippen molar-refractivity contribution in [2.75, 3.05) is 16.4 Å². The molecule has 0 aliphatic heterocycles. The maximum absolute atomic E-state index is 12.9. The standard InChI is InChI=1S/C22H19FN2O2S/c1-15-4-2-3-5-20(15)25-21(26)14-28-19-12-10-18(11-13-19)24-22(27)16-6-8-17(23)9-7-16/h2-13H,14H2,1H3,(H,24,27)(H,25,26). The van der Waals surface area contributed by atoms with Crippen molar-refractivity contribution in [2.24, 2.45) is 0 Å². The maximum atomic E-state index is 12.9. The van der Waals surface area contributed by atoms with Crippen molar-refractivity contribution >= 4 is 35.0 Å². The van der Waals surface area contributed by atoms with E-state index in [1.807, 2.05) is 43.3 Å². The van der Waals surface area contributed by atoms with Gasteiger partial charge in [-0.25, -0.2) is 4.39 Å². The van der Waals surface area contributed by atoms with Crippen molar-refractivity contribution in [1.82, 2.24) is 0 Å². The third kappa shape index (κ3) is 5.44. The molecular formula is C22H19FN2O2S. The van der Waals surface area contributed by atoms with E-state index in [1.165, 1.54) is 36.0 Å². The molecule has 0 saturated carbocycles. The molecule has 3 aromatic rings. The highest BCUT2D eigenvalue weighted by Crippen LogP contribution is 2.21. The molecule has 0 aliphatic rings. The van der Waals surface area contributed by atoms with Gasteiger partial charge in [0.05, 0.1) is 5.75 Å². The predicted octanol–water partition coefficient (Wildman–Crippen LogP) is 5.12. The lowest BCUT2D eigenvalue weighted by Gasteiger charge is -2.09. The van der Waals surface area contributed by atoms with Crippen LogP contribution in [0.25, 0.3) is 0 Å². The molecule has 2 amide bonds. The molecule has 142 valence electrons. The Morgan fingerprint density at radius 2 is 1.57 bits per heavy atom. The lowest BCUT2D eigenvalue weighted by Crippen LogP contribution is -2.14. The fraction of sp³-hybridized carbons (Fsp3) is 0.0909. The predicted molar refractivity (Wildman–Crippen MR) is 111 cm³/mol. The van der Waals surface area contributed by atoms with Gasteiger partial charge in [-0.05, 0) is 67.1 Å². The summed E-state index contributed by atoms with van der Waals surface area (Å²) < 4.78 is 12.9. The Kier molecular flexibility index (Phi) is 6.45. The van der Waals surface area contributed by atoms with Crippen molar-refractivity contribution in [3.8, 4) is 0 Å². The van der Waals surface area contributed by atoms with Gasteiger partial charge in [-0.3, -0.25) is 9.59 Å². The minimum absolute atomic E-state index is 0.0759. The minimum atomic E-state index is -0.385. The van der Waals surface area contributed by atoms with Crippen LogP contribution >= 0.6 is 11.8 Å². The van der Waals surface area contributed by atoms with Crippen LogP contribution in [0, 0.1) is 12.7 Å². The number of amides is 2. The van der Waals surface area contributed by atoms with E-state index in [0.29, 0.717) is 11.3 Å². The van der Waals surface area contributed by atoms with E-state index in [0.717, 1.165) is 16.1 Å². The lowest BCUT2D eigenvalue weighted by molar-refractivity contribution is -0.113. The van der Waals surface area contributed by atoms with Gasteiger partial charge in [0.15, 0.2) is 0 Å². The summed E-state index contributed by atoms with van der Waals surface area (Å²) in [6, 6.07) is 20.2. The number of carbonyl (C=O) groups is 2. The summed E-state index contributed by atoms with van der Waals surface area (Å²) in [4.78, 5) is 25.2. The van der Waals surface area contributed by atoms with Crippen molar-refractivity contribution in [2.45, 2.75) is 11.8 Å². The topological polar surface area (TPSA) is 58.2 Å². The molecule has 3 rings (SSSR count). The van der Waals surface area contributed by atoms with Gasteiger partial charge in [-0.1, -0.05) is 18.2 Å². The van der Waals surface area contributed by atoms with Gasteiger partial charge in [0.25, 0.3) is 5.91 Å². The van der Waals surface area contributed by atoms with Gasteiger partial charge in [-0.2, -0.15) is 0 Å². The molecule has 0 aromatic heterocycles. The van der Waals surface area contributed by atoms with Gasteiger partial charge < -0.3 is 10.6 Å². The molecule has 3 aromatic carbocycles. The molecule has 28 heavy (non-hydrogen) atoms. The number of hydrogen-bond donors (Lipinski definition) is 2. The van der Waals surface area contributed by atoms with E-state index >= 15 is 0 Å². The molecule has 0 bridgehead atoms. The number of carbonyl (C=O) groups excluding carboxylic acids is 2. The smallest absolute Gasteiger partial charge is 0.255 e. The number of para-hydroxylation sites is 1. The first-order chi connectivity index (χ1) is 13.5. The van der Waals surface area contributed by atoms with E-state index in [2.05, 4.69) is 10.6 Å². The SMILES string of the molecule is Cc1ccccc1NC(=O)CSc1ccc(NC(=O)c2ccc(F)cc2)cc1. The van der Waals surface area contributed by atoms with Crippen molar-refractivity contribution in [3.63, 3.8) is 0 Å². The van der Waals surface area contributed by atoms with Crippen LogP contribution in [0.4, 0.5) is 15.8 Å². The maximum Gasteiger partial charge on any atom is 0.255 e. The Hall–Kier alpha value is -3.12. The van der Waals surface area contributed by atoms with Crippen LogP contribution in [-0.2, 0) is 4.79 Å². The number of nitrogens with one attached hydrogen (secondary N) is 2. The third-order valence-corrected chi connectivity index (χ3v) is 5.02. The Morgan fingerprint density at radius 3 is 2.25 bits per heavy atom. The zero-order chi connectivity index (χ0) is 19.9. The molecule has 0 atom stereocenters. The zero-order valence-corrected chi connectivity index (χ0v) is 16.1. The molecule has 0 spiro atoms. The van der Waals surface area contributed by atoms with E-state index in [1.54, 1.807) is 12.1 Å². The molecule has 2 N–H and O–H groups in total. The summed E-state index contributed by atoms with van der Waals surface area (Å²) in [5.41, 5.74) is 2.84. The molecule has 4 nitrogen and oxygen atoms in total. The highest BCUT2D eigenvalue weighted by atomic mass is 32.2. The summed E-state index contributed by atoms with van der Waals surface area (Å²) in [5, 5.41) is 5.66. The monoisotopic (exact) mass is 394 g/mol. The molecular weight excluding hydrogens is 375 g/mol. The minimum Gasteiger partial charge on any atom is -0.325 e. The summed E-state index contributed by atoms with van der Waals surface area (Å²) in [5.74, 6) is -0.481. The summed E-state index contributed by atoms with van der Waals surface area (Å²) in [6.45, 7) is 1.95. The molecule has 0 unspecified atom stereocenters. The van der Waals surface area contributed by atoms with E-state index in [9.17, 15) is 14.0 Å². The zero-order valence-electron chi connectivity index (χ0n) is 15.2.